The Bertz CT molecular complexity index is 161. The Balaban J connectivity index is 2.06. The molecule has 0 aromatic heterocycles. The molecule has 2 nitrogen and oxygen atoms in total. The van der Waals surface area contributed by atoms with Gasteiger partial charge in [0.15, 0.2) is 0 Å². The highest BCUT2D eigenvalue weighted by Crippen LogP contribution is 2.34. The lowest BCUT2D eigenvalue weighted by Gasteiger charge is -2.55. The van der Waals surface area contributed by atoms with Crippen molar-refractivity contribution >= 4 is 0 Å². The quantitative estimate of drug-likeness (QED) is 0.639. The summed E-state index contributed by atoms with van der Waals surface area (Å²) >= 11 is 0. The zero-order valence-electron chi connectivity index (χ0n) is 8.27. The van der Waals surface area contributed by atoms with Crippen molar-refractivity contribution < 1.29 is 0 Å². The lowest BCUT2D eigenvalue weighted by Crippen LogP contribution is -2.70. The maximum atomic E-state index is 3.62. The van der Waals surface area contributed by atoms with Crippen LogP contribution in [0.1, 0.15) is 39.5 Å². The van der Waals surface area contributed by atoms with Gasteiger partial charge in [-0.25, -0.2) is 0 Å². The molecule has 2 rings (SSSR count). The molecule has 70 valence electrons. The van der Waals surface area contributed by atoms with Crippen LogP contribution in [0, 0.1) is 0 Å². The van der Waals surface area contributed by atoms with E-state index in [0.29, 0.717) is 11.7 Å². The number of likely N-dealkylation sites (tertiary alicyclic amines) is 1. The molecule has 0 saturated carbocycles. The van der Waals surface area contributed by atoms with E-state index in [1.807, 2.05) is 0 Å². The normalized spacial score (nSPS) is 37.2. The maximum Gasteiger partial charge on any atom is 0.0726 e. The second-order valence-electron chi connectivity index (χ2n) is 4.45. The molecule has 2 heteroatoms. The zero-order valence-corrected chi connectivity index (χ0v) is 8.27. The smallest absolute Gasteiger partial charge is 0.0726 e. The summed E-state index contributed by atoms with van der Waals surface area (Å²) in [5.41, 5.74) is 0.423. The molecule has 1 unspecified atom stereocenters. The molecule has 2 aliphatic rings. The van der Waals surface area contributed by atoms with Gasteiger partial charge >= 0.3 is 0 Å². The SMILES string of the molecule is CC(C)N1CCCCC12CCN2. The molecule has 1 spiro atoms. The number of hydrogen-bond acceptors (Lipinski definition) is 2. The molecule has 2 heterocycles. The highest BCUT2D eigenvalue weighted by atomic mass is 15.4. The minimum atomic E-state index is 0.423. The van der Waals surface area contributed by atoms with Crippen molar-refractivity contribution in [1.82, 2.24) is 10.2 Å². The average Bonchev–Trinajstić information content (AvgIpc) is 2.01. The first-order chi connectivity index (χ1) is 5.75. The van der Waals surface area contributed by atoms with Gasteiger partial charge in [-0.1, -0.05) is 0 Å². The molecule has 0 aromatic carbocycles. The summed E-state index contributed by atoms with van der Waals surface area (Å²) in [5.74, 6) is 0. The summed E-state index contributed by atoms with van der Waals surface area (Å²) in [7, 11) is 0. The van der Waals surface area contributed by atoms with Crippen LogP contribution >= 0.6 is 0 Å². The van der Waals surface area contributed by atoms with Gasteiger partial charge in [0.1, 0.15) is 0 Å². The molecule has 0 radical (unpaired) electrons. The molecule has 1 N–H and O–H groups in total. The van der Waals surface area contributed by atoms with Crippen molar-refractivity contribution in [3.8, 4) is 0 Å². The highest BCUT2D eigenvalue weighted by Gasteiger charge is 2.44. The van der Waals surface area contributed by atoms with Crippen molar-refractivity contribution in [1.29, 1.82) is 0 Å². The second-order valence-corrected chi connectivity index (χ2v) is 4.45. The van der Waals surface area contributed by atoms with E-state index >= 15 is 0 Å². The van der Waals surface area contributed by atoms with Gasteiger partial charge in [-0.2, -0.15) is 0 Å². The van der Waals surface area contributed by atoms with Crippen LogP contribution in [0.2, 0.25) is 0 Å². The van der Waals surface area contributed by atoms with Crippen molar-refractivity contribution in [2.45, 2.75) is 51.2 Å². The Morgan fingerprint density at radius 3 is 2.42 bits per heavy atom. The standard InChI is InChI=1S/C10H20N2/c1-9(2)12-8-4-3-5-10(12)6-7-11-10/h9,11H,3-8H2,1-2H3. The zero-order chi connectivity index (χ0) is 8.60. The molecule has 0 aromatic rings. The van der Waals surface area contributed by atoms with Gasteiger partial charge in [-0.15, -0.1) is 0 Å². The van der Waals surface area contributed by atoms with E-state index in [-0.39, 0.29) is 0 Å². The maximum absolute atomic E-state index is 3.62. The molecule has 2 saturated heterocycles. The largest absolute Gasteiger partial charge is 0.299 e. The van der Waals surface area contributed by atoms with E-state index in [9.17, 15) is 0 Å². The second kappa shape index (κ2) is 3.00. The molecule has 0 aliphatic carbocycles. The summed E-state index contributed by atoms with van der Waals surface area (Å²) in [6, 6.07) is 0.707. The highest BCUT2D eigenvalue weighted by molar-refractivity contribution is 4.99. The minimum absolute atomic E-state index is 0.423. The Morgan fingerprint density at radius 1 is 1.25 bits per heavy atom. The lowest BCUT2D eigenvalue weighted by molar-refractivity contribution is -0.0547. The van der Waals surface area contributed by atoms with Crippen LogP contribution < -0.4 is 5.32 Å². The first-order valence-electron chi connectivity index (χ1n) is 5.26. The predicted molar refractivity (Wildman–Crippen MR) is 51.0 cm³/mol. The molecule has 2 fully saturated rings. The van der Waals surface area contributed by atoms with Crippen LogP contribution in [0.3, 0.4) is 0 Å². The van der Waals surface area contributed by atoms with Gasteiger partial charge in [-0.3, -0.25) is 10.2 Å². The third-order valence-electron chi connectivity index (χ3n) is 3.41. The molecule has 2 aliphatic heterocycles. The fourth-order valence-electron chi connectivity index (χ4n) is 2.68. The van der Waals surface area contributed by atoms with Crippen molar-refractivity contribution in [3.05, 3.63) is 0 Å². The summed E-state index contributed by atoms with van der Waals surface area (Å²) in [6.07, 6.45) is 5.54. The monoisotopic (exact) mass is 168 g/mol. The fourth-order valence-corrected chi connectivity index (χ4v) is 2.68. The Hall–Kier alpha value is -0.0800. The minimum Gasteiger partial charge on any atom is -0.299 e. The summed E-state index contributed by atoms with van der Waals surface area (Å²) in [6.45, 7) is 7.15. The van der Waals surface area contributed by atoms with Crippen molar-refractivity contribution in [3.63, 3.8) is 0 Å². The summed E-state index contributed by atoms with van der Waals surface area (Å²) in [4.78, 5) is 2.65. The van der Waals surface area contributed by atoms with Crippen LogP contribution in [-0.4, -0.2) is 29.7 Å². The summed E-state index contributed by atoms with van der Waals surface area (Å²) in [5, 5.41) is 3.62. The topological polar surface area (TPSA) is 15.3 Å². The third-order valence-corrected chi connectivity index (χ3v) is 3.41. The van der Waals surface area contributed by atoms with Gasteiger partial charge in [0, 0.05) is 12.6 Å². The van der Waals surface area contributed by atoms with Crippen molar-refractivity contribution in [2.75, 3.05) is 13.1 Å². The van der Waals surface area contributed by atoms with Gasteiger partial charge in [-0.05, 0) is 46.1 Å². The van der Waals surface area contributed by atoms with Gasteiger partial charge < -0.3 is 0 Å². The van der Waals surface area contributed by atoms with E-state index in [2.05, 4.69) is 24.1 Å². The number of hydrogen-bond donors (Lipinski definition) is 1. The molecular weight excluding hydrogens is 148 g/mol. The number of nitrogens with zero attached hydrogens (tertiary/aromatic N) is 1. The van der Waals surface area contributed by atoms with E-state index in [1.54, 1.807) is 0 Å². The van der Waals surface area contributed by atoms with Crippen LogP contribution in [0.25, 0.3) is 0 Å². The lowest BCUT2D eigenvalue weighted by atomic mass is 9.85. The average molecular weight is 168 g/mol. The molecule has 1 atom stereocenters. The molecular formula is C10H20N2. The number of piperidine rings is 1. The van der Waals surface area contributed by atoms with Crippen LogP contribution in [0.5, 0.6) is 0 Å². The summed E-state index contributed by atoms with van der Waals surface area (Å²) < 4.78 is 0. The molecule has 0 amide bonds. The van der Waals surface area contributed by atoms with Crippen molar-refractivity contribution in [2.24, 2.45) is 0 Å². The fraction of sp³-hybridized carbons (Fsp3) is 1.00. The van der Waals surface area contributed by atoms with Crippen LogP contribution in [0.15, 0.2) is 0 Å². The number of rotatable bonds is 1. The van der Waals surface area contributed by atoms with E-state index < -0.39 is 0 Å². The Kier molecular flexibility index (Phi) is 2.13. The molecule has 12 heavy (non-hydrogen) atoms. The van der Waals surface area contributed by atoms with Gasteiger partial charge in [0.2, 0.25) is 0 Å². The predicted octanol–water partition coefficient (Wildman–Crippen LogP) is 1.57. The van der Waals surface area contributed by atoms with Gasteiger partial charge in [0.05, 0.1) is 5.66 Å². The third kappa shape index (κ3) is 1.17. The Morgan fingerprint density at radius 2 is 2.00 bits per heavy atom. The van der Waals surface area contributed by atoms with Crippen LogP contribution in [-0.2, 0) is 0 Å². The molecule has 0 bridgehead atoms. The Labute approximate surface area is 75.3 Å². The first kappa shape index (κ1) is 8.52. The van der Waals surface area contributed by atoms with E-state index in [1.165, 1.54) is 38.8 Å². The van der Waals surface area contributed by atoms with Gasteiger partial charge in [0.25, 0.3) is 0 Å². The van der Waals surface area contributed by atoms with Crippen LogP contribution in [0.4, 0.5) is 0 Å². The van der Waals surface area contributed by atoms with E-state index in [4.69, 9.17) is 0 Å². The van der Waals surface area contributed by atoms with E-state index in [0.717, 1.165) is 0 Å². The number of nitrogens with one attached hydrogen (secondary N) is 1. The first-order valence-corrected chi connectivity index (χ1v) is 5.26.